The number of carbonyl (C=O) groups excluding carboxylic acids is 1. The Labute approximate surface area is 198 Å². The highest BCUT2D eigenvalue weighted by atomic mass is 32.2. The third-order valence-corrected chi connectivity index (χ3v) is 7.73. The summed E-state index contributed by atoms with van der Waals surface area (Å²) in [5.41, 5.74) is 2.15. The molecule has 1 aromatic heterocycles. The highest BCUT2D eigenvalue weighted by Crippen LogP contribution is 2.16. The van der Waals surface area contributed by atoms with Crippen molar-refractivity contribution in [2.75, 3.05) is 38.2 Å². The summed E-state index contributed by atoms with van der Waals surface area (Å²) in [6.07, 6.45) is 0.937. The number of benzene rings is 2. The maximum atomic E-state index is 12.7. The zero-order valence-corrected chi connectivity index (χ0v) is 19.8. The van der Waals surface area contributed by atoms with Crippen LogP contribution in [0.2, 0.25) is 0 Å². The summed E-state index contributed by atoms with van der Waals surface area (Å²) in [6.45, 7) is 4.71. The number of carbonyl (C=O) groups is 1. The van der Waals surface area contributed by atoms with E-state index in [1.165, 1.54) is 29.0 Å². The lowest BCUT2D eigenvalue weighted by Gasteiger charge is -2.26. The minimum atomic E-state index is -3.72. The van der Waals surface area contributed by atoms with Crippen molar-refractivity contribution in [2.24, 2.45) is 0 Å². The van der Waals surface area contributed by atoms with Gasteiger partial charge in [0.05, 0.1) is 18.1 Å². The Bertz CT molecular complexity index is 1160. The first-order valence-electron chi connectivity index (χ1n) is 10.8. The monoisotopic (exact) mass is 485 g/mol. The van der Waals surface area contributed by atoms with Crippen molar-refractivity contribution in [2.45, 2.75) is 17.9 Å². The predicted octanol–water partition coefficient (Wildman–Crippen LogP) is 3.35. The zero-order chi connectivity index (χ0) is 23.1. The molecule has 2 heterocycles. The van der Waals surface area contributed by atoms with Gasteiger partial charge in [0.2, 0.25) is 10.0 Å². The first-order valence-corrected chi connectivity index (χ1v) is 13.2. The van der Waals surface area contributed by atoms with Gasteiger partial charge < -0.3 is 10.1 Å². The molecule has 2 N–H and O–H groups in total. The van der Waals surface area contributed by atoms with E-state index in [0.717, 1.165) is 44.1 Å². The molecule has 1 saturated heterocycles. The minimum Gasteiger partial charge on any atom is -0.379 e. The average Bonchev–Trinajstić information content (AvgIpc) is 3.37. The van der Waals surface area contributed by atoms with Crippen molar-refractivity contribution < 1.29 is 17.9 Å². The lowest BCUT2D eigenvalue weighted by atomic mass is 10.1. The number of anilines is 1. The Hall–Kier alpha value is -2.56. The lowest BCUT2D eigenvalue weighted by Crippen LogP contribution is -2.37. The third kappa shape index (κ3) is 6.72. The van der Waals surface area contributed by atoms with Gasteiger partial charge >= 0.3 is 0 Å². The van der Waals surface area contributed by atoms with E-state index >= 15 is 0 Å². The van der Waals surface area contributed by atoms with E-state index in [1.54, 1.807) is 12.1 Å². The van der Waals surface area contributed by atoms with Crippen LogP contribution in [0.1, 0.15) is 20.8 Å². The van der Waals surface area contributed by atoms with E-state index in [-0.39, 0.29) is 22.9 Å². The first-order chi connectivity index (χ1) is 16.0. The molecule has 4 rings (SSSR count). The second-order valence-electron chi connectivity index (χ2n) is 7.79. The number of nitrogens with zero attached hydrogens (tertiary/aromatic N) is 1. The second kappa shape index (κ2) is 11.0. The molecule has 0 saturated carbocycles. The quantitative estimate of drug-likeness (QED) is 0.485. The van der Waals surface area contributed by atoms with Gasteiger partial charge in [0.25, 0.3) is 5.91 Å². The van der Waals surface area contributed by atoms with Crippen LogP contribution >= 0.6 is 11.3 Å². The number of morpholine rings is 1. The van der Waals surface area contributed by atoms with Crippen LogP contribution in [0.3, 0.4) is 0 Å². The van der Waals surface area contributed by atoms with E-state index in [9.17, 15) is 13.2 Å². The lowest BCUT2D eigenvalue weighted by molar-refractivity contribution is 0.0384. The molecule has 1 aliphatic heterocycles. The topological polar surface area (TPSA) is 87.7 Å². The molecule has 9 heteroatoms. The molecule has 0 atom stereocenters. The molecule has 0 radical (unpaired) electrons. The first kappa shape index (κ1) is 23.6. The molecule has 2 aromatic carbocycles. The SMILES string of the molecule is O=C(Nc1ccc(CCN2CCOCC2)cc1)c1cccc(S(=O)(=O)NCc2cccs2)c1. The zero-order valence-electron chi connectivity index (χ0n) is 18.2. The smallest absolute Gasteiger partial charge is 0.255 e. The van der Waals surface area contributed by atoms with Crippen LogP contribution in [0.25, 0.3) is 0 Å². The fourth-order valence-corrected chi connectivity index (χ4v) is 5.33. The van der Waals surface area contributed by atoms with Crippen molar-refractivity contribution in [1.29, 1.82) is 0 Å². The fraction of sp³-hybridized carbons (Fsp3) is 0.292. The third-order valence-electron chi connectivity index (χ3n) is 5.46. The van der Waals surface area contributed by atoms with Crippen LogP contribution in [0, 0.1) is 0 Å². The molecule has 7 nitrogen and oxygen atoms in total. The summed E-state index contributed by atoms with van der Waals surface area (Å²) < 4.78 is 33.2. The molecule has 0 unspecified atom stereocenters. The molecule has 1 amide bonds. The number of hydrogen-bond donors (Lipinski definition) is 2. The Balaban J connectivity index is 1.34. The summed E-state index contributed by atoms with van der Waals surface area (Å²) in [5.74, 6) is -0.355. The number of amides is 1. The minimum absolute atomic E-state index is 0.0603. The molecule has 0 aliphatic carbocycles. The molecule has 33 heavy (non-hydrogen) atoms. The molecule has 0 bridgehead atoms. The van der Waals surface area contributed by atoms with Gasteiger partial charge in [-0.15, -0.1) is 11.3 Å². The number of sulfonamides is 1. The van der Waals surface area contributed by atoms with Crippen LogP contribution in [-0.2, 0) is 27.7 Å². The van der Waals surface area contributed by atoms with Gasteiger partial charge in [-0.1, -0.05) is 24.3 Å². The number of ether oxygens (including phenoxy) is 1. The van der Waals surface area contributed by atoms with E-state index in [1.807, 2.05) is 41.8 Å². The van der Waals surface area contributed by atoms with Crippen LogP contribution in [0.4, 0.5) is 5.69 Å². The van der Waals surface area contributed by atoms with E-state index in [2.05, 4.69) is 14.9 Å². The van der Waals surface area contributed by atoms with Crippen LogP contribution in [0.5, 0.6) is 0 Å². The Morgan fingerprint density at radius 3 is 2.55 bits per heavy atom. The second-order valence-corrected chi connectivity index (χ2v) is 10.6. The molecule has 1 fully saturated rings. The van der Waals surface area contributed by atoms with Crippen LogP contribution in [0.15, 0.2) is 70.9 Å². The standard InChI is InChI=1S/C24H27N3O4S2/c28-24(26-21-8-6-19(7-9-21)10-11-27-12-14-31-15-13-27)20-3-1-5-23(17-20)33(29,30)25-18-22-4-2-16-32-22/h1-9,16-17,25H,10-15,18H2,(H,26,28). The number of thiophene rings is 1. The molecule has 0 spiro atoms. The van der Waals surface area contributed by atoms with Gasteiger partial charge in [0.1, 0.15) is 0 Å². The molecule has 174 valence electrons. The van der Waals surface area contributed by atoms with Gasteiger partial charge in [-0.2, -0.15) is 0 Å². The van der Waals surface area contributed by atoms with Crippen molar-refractivity contribution in [3.05, 3.63) is 82.0 Å². The van der Waals surface area contributed by atoms with Gasteiger partial charge in [-0.3, -0.25) is 9.69 Å². The van der Waals surface area contributed by atoms with Crippen molar-refractivity contribution >= 4 is 33.0 Å². The Morgan fingerprint density at radius 1 is 1.03 bits per heavy atom. The van der Waals surface area contributed by atoms with Gasteiger partial charge in [0, 0.05) is 42.3 Å². The van der Waals surface area contributed by atoms with E-state index in [0.29, 0.717) is 5.69 Å². The maximum absolute atomic E-state index is 12.7. The summed E-state index contributed by atoms with van der Waals surface area (Å²) in [6, 6.07) is 17.5. The number of nitrogens with one attached hydrogen (secondary N) is 2. The van der Waals surface area contributed by atoms with Crippen molar-refractivity contribution in [3.8, 4) is 0 Å². The normalized spacial score (nSPS) is 14.8. The average molecular weight is 486 g/mol. The van der Waals surface area contributed by atoms with Crippen molar-refractivity contribution in [3.63, 3.8) is 0 Å². The highest BCUT2D eigenvalue weighted by Gasteiger charge is 2.17. The summed E-state index contributed by atoms with van der Waals surface area (Å²) in [7, 11) is -3.72. The number of hydrogen-bond acceptors (Lipinski definition) is 6. The van der Waals surface area contributed by atoms with Crippen LogP contribution < -0.4 is 10.0 Å². The highest BCUT2D eigenvalue weighted by molar-refractivity contribution is 7.89. The van der Waals surface area contributed by atoms with Crippen LogP contribution in [-0.4, -0.2) is 52.1 Å². The Morgan fingerprint density at radius 2 is 1.82 bits per heavy atom. The summed E-state index contributed by atoms with van der Waals surface area (Å²) in [4.78, 5) is 16.1. The molecular formula is C24H27N3O4S2. The maximum Gasteiger partial charge on any atom is 0.255 e. The number of rotatable bonds is 9. The van der Waals surface area contributed by atoms with Gasteiger partial charge in [0.15, 0.2) is 0 Å². The molecule has 3 aromatic rings. The largest absolute Gasteiger partial charge is 0.379 e. The van der Waals surface area contributed by atoms with Gasteiger partial charge in [-0.25, -0.2) is 13.1 Å². The van der Waals surface area contributed by atoms with E-state index < -0.39 is 10.0 Å². The fourth-order valence-electron chi connectivity index (χ4n) is 3.54. The van der Waals surface area contributed by atoms with Gasteiger partial charge in [-0.05, 0) is 53.8 Å². The predicted molar refractivity (Wildman–Crippen MR) is 130 cm³/mol. The summed E-state index contributed by atoms with van der Waals surface area (Å²) >= 11 is 1.48. The van der Waals surface area contributed by atoms with Crippen molar-refractivity contribution in [1.82, 2.24) is 9.62 Å². The Kier molecular flexibility index (Phi) is 7.89. The summed E-state index contributed by atoms with van der Waals surface area (Å²) in [5, 5.41) is 4.74. The molecular weight excluding hydrogens is 458 g/mol. The molecule has 1 aliphatic rings. The van der Waals surface area contributed by atoms with E-state index in [4.69, 9.17) is 4.74 Å².